The lowest BCUT2D eigenvalue weighted by Gasteiger charge is -2.32. The summed E-state index contributed by atoms with van der Waals surface area (Å²) in [4.78, 5) is 4.85. The molecule has 0 aromatic rings. The van der Waals surface area contributed by atoms with E-state index >= 15 is 0 Å². The maximum absolute atomic E-state index is 4.85. The summed E-state index contributed by atoms with van der Waals surface area (Å²) in [6.45, 7) is 3.37. The SMILES string of the molecule is CCC1(CN=C2NC3(CCCCC3)CS2)CC1. The second-order valence-corrected chi connectivity index (χ2v) is 7.19. The monoisotopic (exact) mass is 252 g/mol. The summed E-state index contributed by atoms with van der Waals surface area (Å²) < 4.78 is 0. The van der Waals surface area contributed by atoms with Crippen LogP contribution in [0.15, 0.2) is 4.99 Å². The van der Waals surface area contributed by atoms with Crippen molar-refractivity contribution < 1.29 is 0 Å². The first kappa shape index (κ1) is 11.9. The summed E-state index contributed by atoms with van der Waals surface area (Å²) >= 11 is 1.97. The van der Waals surface area contributed by atoms with E-state index in [4.69, 9.17) is 4.99 Å². The molecule has 17 heavy (non-hydrogen) atoms. The highest BCUT2D eigenvalue weighted by molar-refractivity contribution is 8.14. The Morgan fingerprint density at radius 1 is 1.18 bits per heavy atom. The van der Waals surface area contributed by atoms with Crippen LogP contribution in [-0.2, 0) is 0 Å². The molecule has 1 spiro atoms. The summed E-state index contributed by atoms with van der Waals surface area (Å²) in [5.74, 6) is 1.25. The van der Waals surface area contributed by atoms with Crippen molar-refractivity contribution in [1.29, 1.82) is 0 Å². The fourth-order valence-corrected chi connectivity index (χ4v) is 4.35. The highest BCUT2D eigenvalue weighted by Gasteiger charge is 2.42. The van der Waals surface area contributed by atoms with Gasteiger partial charge in [0.05, 0.1) is 0 Å². The van der Waals surface area contributed by atoms with E-state index in [9.17, 15) is 0 Å². The minimum absolute atomic E-state index is 0.421. The Hall–Kier alpha value is -0.180. The van der Waals surface area contributed by atoms with Crippen molar-refractivity contribution in [2.75, 3.05) is 12.3 Å². The average molecular weight is 252 g/mol. The van der Waals surface area contributed by atoms with E-state index in [0.29, 0.717) is 11.0 Å². The lowest BCUT2D eigenvalue weighted by Crippen LogP contribution is -2.45. The largest absolute Gasteiger partial charge is 0.359 e. The van der Waals surface area contributed by atoms with Gasteiger partial charge in [0.15, 0.2) is 5.17 Å². The molecule has 0 atom stereocenters. The van der Waals surface area contributed by atoms with Crippen LogP contribution in [0.2, 0.25) is 0 Å². The molecule has 3 aliphatic rings. The van der Waals surface area contributed by atoms with Gasteiger partial charge in [-0.1, -0.05) is 37.9 Å². The normalized spacial score (nSPS) is 31.7. The van der Waals surface area contributed by atoms with E-state index in [0.717, 1.165) is 6.54 Å². The fourth-order valence-electron chi connectivity index (χ4n) is 3.13. The van der Waals surface area contributed by atoms with E-state index < -0.39 is 0 Å². The number of aliphatic imine (C=N–C) groups is 1. The summed E-state index contributed by atoms with van der Waals surface area (Å²) in [7, 11) is 0. The number of amidine groups is 1. The van der Waals surface area contributed by atoms with E-state index in [1.54, 1.807) is 0 Å². The Balaban J connectivity index is 1.57. The van der Waals surface area contributed by atoms with E-state index in [1.165, 1.54) is 62.3 Å². The molecule has 1 heterocycles. The van der Waals surface area contributed by atoms with E-state index in [2.05, 4.69) is 12.2 Å². The molecule has 0 aromatic carbocycles. The van der Waals surface area contributed by atoms with Crippen LogP contribution in [0.25, 0.3) is 0 Å². The molecule has 0 bridgehead atoms. The lowest BCUT2D eigenvalue weighted by atomic mass is 9.83. The molecule has 3 fully saturated rings. The van der Waals surface area contributed by atoms with Gasteiger partial charge in [0, 0.05) is 17.8 Å². The molecule has 96 valence electrons. The molecule has 3 rings (SSSR count). The first-order chi connectivity index (χ1) is 8.26. The minimum Gasteiger partial charge on any atom is -0.359 e. The molecular weight excluding hydrogens is 228 g/mol. The summed E-state index contributed by atoms with van der Waals surface area (Å²) in [6, 6.07) is 0. The predicted octanol–water partition coefficient (Wildman–Crippen LogP) is 3.57. The zero-order chi connectivity index (χ0) is 11.8. The van der Waals surface area contributed by atoms with Gasteiger partial charge in [0.2, 0.25) is 0 Å². The van der Waals surface area contributed by atoms with Crippen molar-refractivity contribution in [3.63, 3.8) is 0 Å². The number of thioether (sulfide) groups is 1. The quantitative estimate of drug-likeness (QED) is 0.830. The number of nitrogens with one attached hydrogen (secondary N) is 1. The zero-order valence-electron chi connectivity index (χ0n) is 10.9. The van der Waals surface area contributed by atoms with Crippen LogP contribution in [-0.4, -0.2) is 23.0 Å². The van der Waals surface area contributed by atoms with Gasteiger partial charge >= 0.3 is 0 Å². The predicted molar refractivity (Wildman–Crippen MR) is 75.7 cm³/mol. The topological polar surface area (TPSA) is 24.4 Å². The lowest BCUT2D eigenvalue weighted by molar-refractivity contribution is 0.303. The highest BCUT2D eigenvalue weighted by atomic mass is 32.2. The molecule has 0 unspecified atom stereocenters. The van der Waals surface area contributed by atoms with Gasteiger partial charge in [-0.05, 0) is 37.5 Å². The van der Waals surface area contributed by atoms with Crippen molar-refractivity contribution in [3.8, 4) is 0 Å². The standard InChI is InChI=1S/C14H24N2S/c1-2-13(8-9-13)10-15-12-16-14(11-17-12)6-4-3-5-7-14/h2-11H2,1H3,(H,15,16). The van der Waals surface area contributed by atoms with Crippen molar-refractivity contribution in [1.82, 2.24) is 5.32 Å². The van der Waals surface area contributed by atoms with Crippen LogP contribution >= 0.6 is 11.8 Å². The first-order valence-electron chi connectivity index (χ1n) is 7.21. The zero-order valence-corrected chi connectivity index (χ0v) is 11.7. The van der Waals surface area contributed by atoms with Crippen molar-refractivity contribution in [3.05, 3.63) is 0 Å². The van der Waals surface area contributed by atoms with Gasteiger partial charge in [0.25, 0.3) is 0 Å². The van der Waals surface area contributed by atoms with Crippen LogP contribution < -0.4 is 5.32 Å². The van der Waals surface area contributed by atoms with Crippen molar-refractivity contribution >= 4 is 16.9 Å². The van der Waals surface area contributed by atoms with Gasteiger partial charge in [-0.3, -0.25) is 4.99 Å². The van der Waals surface area contributed by atoms with Crippen LogP contribution in [0.5, 0.6) is 0 Å². The van der Waals surface area contributed by atoms with Crippen LogP contribution in [0.1, 0.15) is 58.3 Å². The Kier molecular flexibility index (Phi) is 3.14. The molecule has 1 saturated heterocycles. The van der Waals surface area contributed by atoms with E-state index in [-0.39, 0.29) is 0 Å². The molecular formula is C14H24N2S. The van der Waals surface area contributed by atoms with Gasteiger partial charge in [0.1, 0.15) is 0 Å². The summed E-state index contributed by atoms with van der Waals surface area (Å²) in [5, 5.41) is 4.99. The summed E-state index contributed by atoms with van der Waals surface area (Å²) in [5.41, 5.74) is 1.02. The molecule has 1 N–H and O–H groups in total. The van der Waals surface area contributed by atoms with Crippen LogP contribution in [0.4, 0.5) is 0 Å². The molecule has 2 saturated carbocycles. The third-order valence-electron chi connectivity index (χ3n) is 4.93. The number of nitrogens with zero attached hydrogens (tertiary/aromatic N) is 1. The van der Waals surface area contributed by atoms with Crippen molar-refractivity contribution in [2.45, 2.75) is 63.8 Å². The Morgan fingerprint density at radius 3 is 2.59 bits per heavy atom. The smallest absolute Gasteiger partial charge is 0.157 e. The highest BCUT2D eigenvalue weighted by Crippen LogP contribution is 2.49. The number of rotatable bonds is 3. The Labute approximate surface area is 109 Å². The van der Waals surface area contributed by atoms with Crippen LogP contribution in [0, 0.1) is 5.41 Å². The molecule has 2 aliphatic carbocycles. The second kappa shape index (κ2) is 4.49. The summed E-state index contributed by atoms with van der Waals surface area (Å²) in [6.07, 6.45) is 11.1. The van der Waals surface area contributed by atoms with Gasteiger partial charge in [-0.25, -0.2) is 0 Å². The van der Waals surface area contributed by atoms with Gasteiger partial charge in [-0.15, -0.1) is 0 Å². The van der Waals surface area contributed by atoms with Gasteiger partial charge in [-0.2, -0.15) is 0 Å². The third kappa shape index (κ3) is 2.49. The first-order valence-corrected chi connectivity index (χ1v) is 8.20. The van der Waals surface area contributed by atoms with Gasteiger partial charge < -0.3 is 5.32 Å². The molecule has 2 nitrogen and oxygen atoms in total. The maximum Gasteiger partial charge on any atom is 0.157 e. The Bertz CT molecular complexity index is 314. The Morgan fingerprint density at radius 2 is 1.94 bits per heavy atom. The fraction of sp³-hybridized carbons (Fsp3) is 0.929. The second-order valence-electron chi connectivity index (χ2n) is 6.23. The number of hydrogen-bond acceptors (Lipinski definition) is 2. The molecule has 0 amide bonds. The minimum atomic E-state index is 0.421. The van der Waals surface area contributed by atoms with Crippen LogP contribution in [0.3, 0.4) is 0 Å². The van der Waals surface area contributed by atoms with Crippen molar-refractivity contribution in [2.24, 2.45) is 10.4 Å². The maximum atomic E-state index is 4.85. The molecule has 1 aliphatic heterocycles. The third-order valence-corrected chi connectivity index (χ3v) is 6.13. The molecule has 3 heteroatoms. The number of hydrogen-bond donors (Lipinski definition) is 1. The molecule has 0 radical (unpaired) electrons. The average Bonchev–Trinajstić information content (AvgIpc) is 3.06. The molecule has 0 aromatic heterocycles. The van der Waals surface area contributed by atoms with E-state index in [1.807, 2.05) is 11.8 Å².